The van der Waals surface area contributed by atoms with Crippen molar-refractivity contribution in [1.29, 1.82) is 0 Å². The lowest BCUT2D eigenvalue weighted by Gasteiger charge is -2.20. The molecule has 0 fully saturated rings. The first-order valence-corrected chi connectivity index (χ1v) is 7.41. The molecule has 0 saturated heterocycles. The molecule has 2 aromatic heterocycles. The van der Waals surface area contributed by atoms with Gasteiger partial charge in [-0.25, -0.2) is 4.98 Å². The fourth-order valence-corrected chi connectivity index (χ4v) is 2.07. The molecule has 2 heterocycles. The predicted molar refractivity (Wildman–Crippen MR) is 86.8 cm³/mol. The normalized spacial score (nSPS) is 11.5. The molecular formula is C17H23N3O2. The van der Waals surface area contributed by atoms with Crippen LogP contribution in [-0.4, -0.2) is 29.5 Å². The number of amides is 1. The fourth-order valence-electron chi connectivity index (χ4n) is 2.07. The van der Waals surface area contributed by atoms with Gasteiger partial charge in [-0.2, -0.15) is 0 Å². The summed E-state index contributed by atoms with van der Waals surface area (Å²) in [6.45, 7) is 9.42. The molecule has 0 aliphatic heterocycles. The topological polar surface area (TPSA) is 67.2 Å². The fraction of sp³-hybridized carbons (Fsp3) is 0.412. The minimum absolute atomic E-state index is 0.0485. The van der Waals surface area contributed by atoms with E-state index in [0.29, 0.717) is 23.6 Å². The smallest absolute Gasteiger partial charge is 0.253 e. The number of hydrogen-bond donors (Lipinski definition) is 2. The Morgan fingerprint density at radius 3 is 2.59 bits per heavy atom. The van der Waals surface area contributed by atoms with Crippen LogP contribution in [0, 0.1) is 6.92 Å². The molecule has 0 aliphatic carbocycles. The van der Waals surface area contributed by atoms with Crippen molar-refractivity contribution in [2.45, 2.75) is 33.2 Å². The van der Waals surface area contributed by atoms with Gasteiger partial charge >= 0.3 is 0 Å². The molecule has 5 nitrogen and oxygen atoms in total. The number of aryl methyl sites for hydroxylation is 1. The van der Waals surface area contributed by atoms with E-state index < -0.39 is 0 Å². The third kappa shape index (κ3) is 4.43. The highest BCUT2D eigenvalue weighted by atomic mass is 16.3. The van der Waals surface area contributed by atoms with Gasteiger partial charge in [-0.3, -0.25) is 4.79 Å². The lowest BCUT2D eigenvalue weighted by atomic mass is 10.1. The van der Waals surface area contributed by atoms with Crippen molar-refractivity contribution in [2.24, 2.45) is 0 Å². The molecule has 0 atom stereocenters. The Kier molecular flexibility index (Phi) is 4.98. The van der Waals surface area contributed by atoms with Gasteiger partial charge < -0.3 is 15.1 Å². The van der Waals surface area contributed by atoms with Gasteiger partial charge in [0.1, 0.15) is 5.69 Å². The average Bonchev–Trinajstić information content (AvgIpc) is 2.96. The van der Waals surface area contributed by atoms with Gasteiger partial charge in [-0.05, 0) is 52.0 Å². The number of carbonyl (C=O) groups is 1. The van der Waals surface area contributed by atoms with Gasteiger partial charge in [0.15, 0.2) is 5.76 Å². The number of furan rings is 1. The Morgan fingerprint density at radius 1 is 1.23 bits per heavy atom. The second kappa shape index (κ2) is 6.75. The zero-order valence-corrected chi connectivity index (χ0v) is 13.6. The Labute approximate surface area is 131 Å². The monoisotopic (exact) mass is 301 g/mol. The Morgan fingerprint density at radius 2 is 2.00 bits per heavy atom. The molecular weight excluding hydrogens is 278 g/mol. The molecule has 0 radical (unpaired) electrons. The Hall–Kier alpha value is -2.14. The number of carbonyl (C=O) groups excluding carboxylic acids is 1. The first-order chi connectivity index (χ1) is 10.4. The highest BCUT2D eigenvalue weighted by Gasteiger charge is 2.13. The lowest BCUT2D eigenvalue weighted by molar-refractivity contribution is 0.0952. The van der Waals surface area contributed by atoms with E-state index in [1.54, 1.807) is 18.4 Å². The van der Waals surface area contributed by atoms with Crippen molar-refractivity contribution in [2.75, 3.05) is 13.1 Å². The standard InChI is InChI=1S/C17H23N3O2/c1-12-13(16(21)18-9-10-19-17(2,3)4)7-8-14(20-12)15-6-5-11-22-15/h5-8,11,19H,9-10H2,1-4H3,(H,18,21). The molecule has 0 bridgehead atoms. The van der Waals surface area contributed by atoms with Crippen molar-refractivity contribution in [3.05, 3.63) is 41.8 Å². The van der Waals surface area contributed by atoms with E-state index in [4.69, 9.17) is 4.42 Å². The molecule has 118 valence electrons. The van der Waals surface area contributed by atoms with E-state index in [2.05, 4.69) is 36.4 Å². The van der Waals surface area contributed by atoms with Crippen molar-refractivity contribution < 1.29 is 9.21 Å². The summed E-state index contributed by atoms with van der Waals surface area (Å²) in [7, 11) is 0. The molecule has 0 saturated carbocycles. The van der Waals surface area contributed by atoms with Crippen molar-refractivity contribution in [3.63, 3.8) is 0 Å². The van der Waals surface area contributed by atoms with E-state index in [0.717, 1.165) is 12.2 Å². The Balaban J connectivity index is 1.96. The minimum atomic E-state index is -0.105. The van der Waals surface area contributed by atoms with Crippen LogP contribution in [0.1, 0.15) is 36.8 Å². The van der Waals surface area contributed by atoms with Crippen LogP contribution in [0.5, 0.6) is 0 Å². The molecule has 22 heavy (non-hydrogen) atoms. The zero-order chi connectivity index (χ0) is 16.2. The summed E-state index contributed by atoms with van der Waals surface area (Å²) in [6.07, 6.45) is 1.61. The minimum Gasteiger partial charge on any atom is -0.463 e. The predicted octanol–water partition coefficient (Wildman–Crippen LogP) is 2.77. The van der Waals surface area contributed by atoms with Crippen LogP contribution in [0.15, 0.2) is 34.9 Å². The van der Waals surface area contributed by atoms with E-state index in [9.17, 15) is 4.79 Å². The lowest BCUT2D eigenvalue weighted by Crippen LogP contribution is -2.41. The molecule has 2 N–H and O–H groups in total. The number of nitrogens with one attached hydrogen (secondary N) is 2. The van der Waals surface area contributed by atoms with Gasteiger partial charge in [0, 0.05) is 18.6 Å². The van der Waals surface area contributed by atoms with Crippen LogP contribution < -0.4 is 10.6 Å². The third-order valence-corrected chi connectivity index (χ3v) is 3.17. The summed E-state index contributed by atoms with van der Waals surface area (Å²) in [4.78, 5) is 16.6. The number of pyridine rings is 1. The molecule has 1 amide bonds. The second-order valence-electron chi connectivity index (χ2n) is 6.24. The highest BCUT2D eigenvalue weighted by molar-refractivity contribution is 5.95. The quantitative estimate of drug-likeness (QED) is 0.833. The van der Waals surface area contributed by atoms with Gasteiger partial charge in [0.25, 0.3) is 5.91 Å². The van der Waals surface area contributed by atoms with E-state index in [-0.39, 0.29) is 11.4 Å². The molecule has 2 aromatic rings. The Bertz CT molecular complexity index is 628. The van der Waals surface area contributed by atoms with Crippen LogP contribution in [-0.2, 0) is 0 Å². The summed E-state index contributed by atoms with van der Waals surface area (Å²) in [5.41, 5.74) is 2.06. The summed E-state index contributed by atoms with van der Waals surface area (Å²) in [5, 5.41) is 6.23. The molecule has 5 heteroatoms. The van der Waals surface area contributed by atoms with Crippen LogP contribution in [0.4, 0.5) is 0 Å². The maximum Gasteiger partial charge on any atom is 0.253 e. The van der Waals surface area contributed by atoms with Crippen molar-refractivity contribution >= 4 is 5.91 Å². The highest BCUT2D eigenvalue weighted by Crippen LogP contribution is 2.19. The summed E-state index contributed by atoms with van der Waals surface area (Å²) >= 11 is 0. The van der Waals surface area contributed by atoms with Crippen molar-refractivity contribution in [3.8, 4) is 11.5 Å². The molecule has 0 aliphatic rings. The van der Waals surface area contributed by atoms with Gasteiger partial charge in [0.05, 0.1) is 17.5 Å². The maximum absolute atomic E-state index is 12.2. The first-order valence-electron chi connectivity index (χ1n) is 7.41. The van der Waals surface area contributed by atoms with Gasteiger partial charge in [0.2, 0.25) is 0 Å². The SMILES string of the molecule is Cc1nc(-c2ccco2)ccc1C(=O)NCCNC(C)(C)C. The van der Waals surface area contributed by atoms with Gasteiger partial charge in [-0.15, -0.1) is 0 Å². The van der Waals surface area contributed by atoms with E-state index >= 15 is 0 Å². The van der Waals surface area contributed by atoms with Crippen LogP contribution in [0.2, 0.25) is 0 Å². The molecule has 0 unspecified atom stereocenters. The molecule has 0 spiro atoms. The number of nitrogens with zero attached hydrogens (tertiary/aromatic N) is 1. The van der Waals surface area contributed by atoms with E-state index in [1.165, 1.54) is 0 Å². The number of aromatic nitrogens is 1. The third-order valence-electron chi connectivity index (χ3n) is 3.17. The molecule has 0 aromatic carbocycles. The average molecular weight is 301 g/mol. The summed E-state index contributed by atoms with van der Waals surface area (Å²) in [5.74, 6) is 0.594. The second-order valence-corrected chi connectivity index (χ2v) is 6.24. The number of hydrogen-bond acceptors (Lipinski definition) is 4. The number of rotatable bonds is 5. The first kappa shape index (κ1) is 16.2. The largest absolute Gasteiger partial charge is 0.463 e. The molecule has 2 rings (SSSR count). The summed E-state index contributed by atoms with van der Waals surface area (Å²) in [6, 6.07) is 7.25. The summed E-state index contributed by atoms with van der Waals surface area (Å²) < 4.78 is 5.31. The van der Waals surface area contributed by atoms with E-state index in [1.807, 2.05) is 19.1 Å². The van der Waals surface area contributed by atoms with Crippen LogP contribution >= 0.6 is 0 Å². The zero-order valence-electron chi connectivity index (χ0n) is 13.6. The van der Waals surface area contributed by atoms with Crippen LogP contribution in [0.25, 0.3) is 11.5 Å². The maximum atomic E-state index is 12.2. The van der Waals surface area contributed by atoms with Crippen molar-refractivity contribution in [1.82, 2.24) is 15.6 Å². The van der Waals surface area contributed by atoms with Crippen LogP contribution in [0.3, 0.4) is 0 Å². The van der Waals surface area contributed by atoms with Gasteiger partial charge in [-0.1, -0.05) is 0 Å².